The van der Waals surface area contributed by atoms with E-state index in [0.717, 1.165) is 36.5 Å². The van der Waals surface area contributed by atoms with Crippen molar-refractivity contribution >= 4 is 35.0 Å². The second kappa shape index (κ2) is 7.82. The van der Waals surface area contributed by atoms with Gasteiger partial charge < -0.3 is 4.90 Å². The summed E-state index contributed by atoms with van der Waals surface area (Å²) in [6.45, 7) is 3.89. The van der Waals surface area contributed by atoms with Crippen LogP contribution in [0.15, 0.2) is 34.3 Å². The minimum Gasteiger partial charge on any atom is -0.306 e. The Kier molecular flexibility index (Phi) is 6.08. The van der Waals surface area contributed by atoms with Gasteiger partial charge in [0.2, 0.25) is 0 Å². The smallest absolute Gasteiger partial charge is 0.253 e. The first-order valence-electron chi connectivity index (χ1n) is 7.00. The zero-order valence-corrected chi connectivity index (χ0v) is 13.9. The zero-order valence-electron chi connectivity index (χ0n) is 12.3. The van der Waals surface area contributed by atoms with Gasteiger partial charge in [-0.05, 0) is 38.2 Å². The summed E-state index contributed by atoms with van der Waals surface area (Å²) in [6, 6.07) is 7.49. The van der Waals surface area contributed by atoms with Crippen molar-refractivity contribution in [1.82, 2.24) is 10.3 Å². The van der Waals surface area contributed by atoms with Gasteiger partial charge in [0.1, 0.15) is 0 Å². The van der Waals surface area contributed by atoms with Crippen molar-refractivity contribution in [1.29, 1.82) is 0 Å². The highest BCUT2D eigenvalue weighted by Crippen LogP contribution is 2.24. The predicted octanol–water partition coefficient (Wildman–Crippen LogP) is 3.02. The number of thioether (sulfide) groups is 1. The molecule has 4 nitrogen and oxygen atoms in total. The Labute approximate surface area is 134 Å². The molecule has 1 N–H and O–H groups in total. The standard InChI is InChI=1S/C15H20ClN3OS/c1-11(21-14-5-3-12(16)4-6-14)15(20)18-17-13-7-9-19(2)10-8-13/h3-6,11H,7-10H2,1-2H3,(H,18,20)/t11-/m0/s1. The monoisotopic (exact) mass is 325 g/mol. The van der Waals surface area contributed by atoms with E-state index in [4.69, 9.17) is 11.6 Å². The summed E-state index contributed by atoms with van der Waals surface area (Å²) in [7, 11) is 2.10. The van der Waals surface area contributed by atoms with Crippen LogP contribution in [0.5, 0.6) is 0 Å². The van der Waals surface area contributed by atoms with Gasteiger partial charge in [-0.2, -0.15) is 5.10 Å². The molecule has 6 heteroatoms. The van der Waals surface area contributed by atoms with Gasteiger partial charge in [-0.1, -0.05) is 11.6 Å². The zero-order chi connectivity index (χ0) is 15.2. The summed E-state index contributed by atoms with van der Waals surface area (Å²) < 4.78 is 0. The highest BCUT2D eigenvalue weighted by atomic mass is 35.5. The highest BCUT2D eigenvalue weighted by molar-refractivity contribution is 8.00. The third-order valence-electron chi connectivity index (χ3n) is 3.38. The van der Waals surface area contributed by atoms with Crippen molar-refractivity contribution in [2.24, 2.45) is 5.10 Å². The molecule has 0 spiro atoms. The van der Waals surface area contributed by atoms with Crippen LogP contribution in [0.2, 0.25) is 5.02 Å². The van der Waals surface area contributed by atoms with Crippen molar-refractivity contribution in [2.45, 2.75) is 29.9 Å². The van der Waals surface area contributed by atoms with Crippen LogP contribution < -0.4 is 5.43 Å². The Morgan fingerprint density at radius 3 is 2.57 bits per heavy atom. The van der Waals surface area contributed by atoms with Gasteiger partial charge >= 0.3 is 0 Å². The summed E-state index contributed by atoms with van der Waals surface area (Å²) in [5.41, 5.74) is 3.76. The molecule has 1 heterocycles. The number of carbonyl (C=O) groups excluding carboxylic acids is 1. The van der Waals surface area contributed by atoms with Crippen molar-refractivity contribution in [3.8, 4) is 0 Å². The van der Waals surface area contributed by atoms with E-state index in [1.807, 2.05) is 31.2 Å². The number of halogens is 1. The molecule has 0 unspecified atom stereocenters. The van der Waals surface area contributed by atoms with E-state index in [2.05, 4.69) is 22.5 Å². The SMILES string of the molecule is C[C@H](Sc1ccc(Cl)cc1)C(=O)NN=C1CCN(C)CC1. The van der Waals surface area contributed by atoms with Crippen LogP contribution in [0.3, 0.4) is 0 Å². The minimum atomic E-state index is -0.193. The topological polar surface area (TPSA) is 44.7 Å². The molecule has 1 fully saturated rings. The first-order chi connectivity index (χ1) is 10.0. The Morgan fingerprint density at radius 1 is 1.33 bits per heavy atom. The molecule has 2 rings (SSSR count). The molecule has 1 aromatic rings. The summed E-state index contributed by atoms with van der Waals surface area (Å²) in [6.07, 6.45) is 1.85. The summed E-state index contributed by atoms with van der Waals surface area (Å²) in [5, 5.41) is 4.76. The van der Waals surface area contributed by atoms with E-state index in [1.54, 1.807) is 0 Å². The Bertz CT molecular complexity index is 508. The molecule has 1 atom stereocenters. The van der Waals surface area contributed by atoms with Gasteiger partial charge in [0.25, 0.3) is 5.91 Å². The Balaban J connectivity index is 1.82. The number of hydrogen-bond donors (Lipinski definition) is 1. The average molecular weight is 326 g/mol. The Hall–Kier alpha value is -1.04. The van der Waals surface area contributed by atoms with Crippen LogP contribution in [-0.4, -0.2) is 41.9 Å². The largest absolute Gasteiger partial charge is 0.306 e. The van der Waals surface area contributed by atoms with E-state index < -0.39 is 0 Å². The van der Waals surface area contributed by atoms with Gasteiger partial charge in [-0.3, -0.25) is 4.79 Å². The molecule has 0 saturated carbocycles. The first kappa shape index (κ1) is 16.3. The molecule has 1 aliphatic rings. The third kappa shape index (κ3) is 5.34. The van der Waals surface area contributed by atoms with Gasteiger partial charge in [-0.15, -0.1) is 11.8 Å². The fourth-order valence-corrected chi connectivity index (χ4v) is 2.97. The summed E-state index contributed by atoms with van der Waals surface area (Å²) in [5.74, 6) is -0.0682. The second-order valence-corrected chi connectivity index (χ2v) is 7.02. The third-order valence-corrected chi connectivity index (χ3v) is 4.75. The number of carbonyl (C=O) groups is 1. The number of nitrogens with zero attached hydrogens (tertiary/aromatic N) is 2. The molecule has 1 aliphatic heterocycles. The van der Waals surface area contributed by atoms with Crippen LogP contribution in [0.25, 0.3) is 0 Å². The minimum absolute atomic E-state index is 0.0682. The van der Waals surface area contributed by atoms with Gasteiger partial charge in [0, 0.05) is 41.6 Å². The molecule has 1 saturated heterocycles. The molecule has 1 aromatic carbocycles. The molecular formula is C15H20ClN3OS. The normalized spacial score (nSPS) is 17.4. The van der Waals surface area contributed by atoms with Crippen LogP contribution in [0.1, 0.15) is 19.8 Å². The highest BCUT2D eigenvalue weighted by Gasteiger charge is 2.15. The summed E-state index contributed by atoms with van der Waals surface area (Å²) in [4.78, 5) is 15.3. The van der Waals surface area contributed by atoms with Crippen LogP contribution in [0, 0.1) is 0 Å². The number of likely N-dealkylation sites (tertiary alicyclic amines) is 1. The molecular weight excluding hydrogens is 306 g/mol. The van der Waals surface area contributed by atoms with Gasteiger partial charge in [-0.25, -0.2) is 5.43 Å². The number of amides is 1. The fraction of sp³-hybridized carbons (Fsp3) is 0.467. The number of piperidine rings is 1. The molecule has 1 amide bonds. The van der Waals surface area contributed by atoms with Crippen LogP contribution >= 0.6 is 23.4 Å². The van der Waals surface area contributed by atoms with Gasteiger partial charge in [0.05, 0.1) is 5.25 Å². The van der Waals surface area contributed by atoms with Crippen molar-refractivity contribution in [2.75, 3.05) is 20.1 Å². The van der Waals surface area contributed by atoms with Crippen molar-refractivity contribution < 1.29 is 4.79 Å². The maximum absolute atomic E-state index is 12.0. The Morgan fingerprint density at radius 2 is 1.95 bits per heavy atom. The lowest BCUT2D eigenvalue weighted by Gasteiger charge is -2.22. The molecule has 0 aliphatic carbocycles. The van der Waals surface area contributed by atoms with E-state index in [0.29, 0.717) is 5.02 Å². The maximum Gasteiger partial charge on any atom is 0.253 e. The van der Waals surface area contributed by atoms with Gasteiger partial charge in [0.15, 0.2) is 0 Å². The number of hydrazone groups is 1. The lowest BCUT2D eigenvalue weighted by Crippen LogP contribution is -2.33. The number of rotatable bonds is 4. The first-order valence-corrected chi connectivity index (χ1v) is 8.26. The molecule has 0 bridgehead atoms. The second-order valence-electron chi connectivity index (χ2n) is 5.17. The molecule has 21 heavy (non-hydrogen) atoms. The lowest BCUT2D eigenvalue weighted by molar-refractivity contribution is -0.120. The maximum atomic E-state index is 12.0. The van der Waals surface area contributed by atoms with Crippen LogP contribution in [-0.2, 0) is 4.79 Å². The number of hydrogen-bond acceptors (Lipinski definition) is 4. The number of nitrogens with one attached hydrogen (secondary N) is 1. The van der Waals surface area contributed by atoms with Crippen molar-refractivity contribution in [3.05, 3.63) is 29.3 Å². The van der Waals surface area contributed by atoms with E-state index in [-0.39, 0.29) is 11.2 Å². The summed E-state index contributed by atoms with van der Waals surface area (Å²) >= 11 is 7.35. The van der Waals surface area contributed by atoms with E-state index in [1.165, 1.54) is 11.8 Å². The number of benzene rings is 1. The lowest BCUT2D eigenvalue weighted by atomic mass is 10.1. The molecule has 0 aromatic heterocycles. The van der Waals surface area contributed by atoms with E-state index in [9.17, 15) is 4.79 Å². The molecule has 114 valence electrons. The predicted molar refractivity (Wildman–Crippen MR) is 89.1 cm³/mol. The average Bonchev–Trinajstić information content (AvgIpc) is 2.48. The van der Waals surface area contributed by atoms with E-state index >= 15 is 0 Å². The van der Waals surface area contributed by atoms with Crippen molar-refractivity contribution in [3.63, 3.8) is 0 Å². The quantitative estimate of drug-likeness (QED) is 0.683. The van der Waals surface area contributed by atoms with Crippen LogP contribution in [0.4, 0.5) is 0 Å². The molecule has 0 radical (unpaired) electrons. The fourth-order valence-electron chi connectivity index (χ4n) is 1.98.